The summed E-state index contributed by atoms with van der Waals surface area (Å²) in [6.45, 7) is 5.18. The van der Waals surface area contributed by atoms with Gasteiger partial charge in [0.1, 0.15) is 0 Å². The summed E-state index contributed by atoms with van der Waals surface area (Å²) < 4.78 is 11.6. The first-order valence-electron chi connectivity index (χ1n) is 5.21. The van der Waals surface area contributed by atoms with Gasteiger partial charge in [0.05, 0.1) is 12.7 Å². The Morgan fingerprint density at radius 2 is 2.23 bits per heavy atom. The summed E-state index contributed by atoms with van der Waals surface area (Å²) in [4.78, 5) is 0. The van der Waals surface area contributed by atoms with Crippen LogP contribution in [0.3, 0.4) is 0 Å². The third-order valence-electron chi connectivity index (χ3n) is 3.14. The van der Waals surface area contributed by atoms with Crippen LogP contribution in [0.1, 0.15) is 33.1 Å². The fraction of sp³-hybridized carbons (Fsp3) is 0.818. The van der Waals surface area contributed by atoms with Gasteiger partial charge >= 0.3 is 0 Å². The van der Waals surface area contributed by atoms with Gasteiger partial charge < -0.3 is 9.47 Å². The molecule has 0 saturated carbocycles. The maximum absolute atomic E-state index is 5.92. The molecule has 0 aromatic carbocycles. The molecule has 0 aliphatic carbocycles. The maximum atomic E-state index is 5.92. The smallest absolute Gasteiger partial charge is 0.188 e. The minimum absolute atomic E-state index is 0.316. The van der Waals surface area contributed by atoms with E-state index in [1.807, 2.05) is 0 Å². The molecule has 2 rings (SSSR count). The number of ether oxygens (including phenoxy) is 2. The van der Waals surface area contributed by atoms with Crippen LogP contribution in [-0.4, -0.2) is 18.5 Å². The van der Waals surface area contributed by atoms with Crippen LogP contribution < -0.4 is 0 Å². The van der Waals surface area contributed by atoms with Gasteiger partial charge in [-0.05, 0) is 31.8 Å². The molecule has 2 heterocycles. The Bertz CT molecular complexity index is 212. The average Bonchev–Trinajstić information content (AvgIpc) is 2.14. The Hall–Kier alpha value is -0.340. The topological polar surface area (TPSA) is 18.5 Å². The summed E-state index contributed by atoms with van der Waals surface area (Å²) in [6, 6.07) is 0. The van der Waals surface area contributed by atoms with Gasteiger partial charge in [-0.1, -0.05) is 13.0 Å². The van der Waals surface area contributed by atoms with Crippen molar-refractivity contribution < 1.29 is 9.47 Å². The van der Waals surface area contributed by atoms with Gasteiger partial charge in [0.25, 0.3) is 0 Å². The lowest BCUT2D eigenvalue weighted by molar-refractivity contribution is -0.260. The molecule has 13 heavy (non-hydrogen) atoms. The highest BCUT2D eigenvalue weighted by Gasteiger charge is 2.38. The van der Waals surface area contributed by atoms with E-state index in [4.69, 9.17) is 9.47 Å². The van der Waals surface area contributed by atoms with Gasteiger partial charge in [-0.15, -0.1) is 0 Å². The van der Waals surface area contributed by atoms with Crippen LogP contribution in [0.2, 0.25) is 0 Å². The minimum atomic E-state index is -0.371. The molecule has 74 valence electrons. The molecular formula is C11H18O2. The normalized spacial score (nSPS) is 45.4. The van der Waals surface area contributed by atoms with Crippen molar-refractivity contribution in [1.82, 2.24) is 0 Å². The van der Waals surface area contributed by atoms with E-state index < -0.39 is 0 Å². The van der Waals surface area contributed by atoms with E-state index in [-0.39, 0.29) is 5.79 Å². The van der Waals surface area contributed by atoms with Gasteiger partial charge in [-0.25, -0.2) is 0 Å². The van der Waals surface area contributed by atoms with Crippen molar-refractivity contribution in [2.45, 2.75) is 45.0 Å². The zero-order valence-electron chi connectivity index (χ0n) is 8.45. The van der Waals surface area contributed by atoms with Crippen LogP contribution >= 0.6 is 0 Å². The minimum Gasteiger partial charge on any atom is -0.346 e. The van der Waals surface area contributed by atoms with Crippen LogP contribution in [0.25, 0.3) is 0 Å². The SMILES string of the molecule is C[C@@H]1CC[C@@]2(C=CCCO2)O[C@@H]1C. The Balaban J connectivity index is 2.07. The van der Waals surface area contributed by atoms with Gasteiger partial charge in [0.15, 0.2) is 5.79 Å². The highest BCUT2D eigenvalue weighted by molar-refractivity contribution is 5.02. The molecule has 1 spiro atoms. The predicted molar refractivity (Wildman–Crippen MR) is 51.4 cm³/mol. The summed E-state index contributed by atoms with van der Waals surface area (Å²) in [7, 11) is 0. The van der Waals surface area contributed by atoms with Crippen molar-refractivity contribution >= 4 is 0 Å². The molecule has 2 heteroatoms. The highest BCUT2D eigenvalue weighted by Crippen LogP contribution is 2.35. The summed E-state index contributed by atoms with van der Waals surface area (Å²) in [5, 5.41) is 0. The molecule has 0 amide bonds. The molecule has 0 unspecified atom stereocenters. The number of hydrogen-bond acceptors (Lipinski definition) is 2. The quantitative estimate of drug-likeness (QED) is 0.536. The second kappa shape index (κ2) is 3.43. The molecule has 3 atom stereocenters. The molecule has 0 aromatic heterocycles. The molecule has 0 bridgehead atoms. The van der Waals surface area contributed by atoms with Gasteiger partial charge in [-0.2, -0.15) is 0 Å². The largest absolute Gasteiger partial charge is 0.346 e. The molecule has 1 saturated heterocycles. The molecule has 2 aliphatic heterocycles. The van der Waals surface area contributed by atoms with Crippen LogP contribution in [0, 0.1) is 5.92 Å². The Morgan fingerprint density at radius 1 is 1.38 bits per heavy atom. The van der Waals surface area contributed by atoms with E-state index in [1.54, 1.807) is 0 Å². The Labute approximate surface area is 79.9 Å². The summed E-state index contributed by atoms with van der Waals surface area (Å²) in [5.74, 6) is 0.286. The Morgan fingerprint density at radius 3 is 2.85 bits per heavy atom. The fourth-order valence-electron chi connectivity index (χ4n) is 1.99. The van der Waals surface area contributed by atoms with Crippen molar-refractivity contribution in [3.8, 4) is 0 Å². The standard InChI is InChI=1S/C11H18O2/c1-9-5-7-11(13-10(9)2)6-3-4-8-12-11/h3,6,9-10H,4-5,7-8H2,1-2H3/t9-,10-,11-/m1/s1. The lowest BCUT2D eigenvalue weighted by atomic mass is 9.91. The van der Waals surface area contributed by atoms with Crippen LogP contribution in [0.15, 0.2) is 12.2 Å². The molecule has 2 nitrogen and oxygen atoms in total. The second-order valence-electron chi connectivity index (χ2n) is 4.19. The molecular weight excluding hydrogens is 164 g/mol. The first kappa shape index (κ1) is 9.22. The first-order valence-corrected chi connectivity index (χ1v) is 5.21. The lowest BCUT2D eigenvalue weighted by Gasteiger charge is -2.42. The third-order valence-corrected chi connectivity index (χ3v) is 3.14. The van der Waals surface area contributed by atoms with Gasteiger partial charge in [0, 0.05) is 6.42 Å². The summed E-state index contributed by atoms with van der Waals surface area (Å²) >= 11 is 0. The molecule has 1 fully saturated rings. The first-order chi connectivity index (χ1) is 6.22. The molecule has 0 radical (unpaired) electrons. The van der Waals surface area contributed by atoms with Gasteiger partial charge in [-0.3, -0.25) is 0 Å². The second-order valence-corrected chi connectivity index (χ2v) is 4.19. The van der Waals surface area contributed by atoms with Crippen LogP contribution in [0.5, 0.6) is 0 Å². The average molecular weight is 182 g/mol. The van der Waals surface area contributed by atoms with Crippen molar-refractivity contribution in [2.24, 2.45) is 5.92 Å². The molecule has 0 aromatic rings. The zero-order valence-corrected chi connectivity index (χ0v) is 8.45. The van der Waals surface area contributed by atoms with Crippen molar-refractivity contribution in [3.05, 3.63) is 12.2 Å². The van der Waals surface area contributed by atoms with E-state index in [0.29, 0.717) is 12.0 Å². The Kier molecular flexibility index (Phi) is 2.43. The van der Waals surface area contributed by atoms with E-state index in [1.165, 1.54) is 6.42 Å². The summed E-state index contributed by atoms with van der Waals surface area (Å²) in [5.41, 5.74) is 0. The van der Waals surface area contributed by atoms with Crippen molar-refractivity contribution in [2.75, 3.05) is 6.61 Å². The molecule has 0 N–H and O–H groups in total. The number of rotatable bonds is 0. The van der Waals surface area contributed by atoms with Crippen molar-refractivity contribution in [1.29, 1.82) is 0 Å². The predicted octanol–water partition coefficient (Wildman–Crippen LogP) is 2.49. The van der Waals surface area contributed by atoms with Crippen molar-refractivity contribution in [3.63, 3.8) is 0 Å². The van der Waals surface area contributed by atoms with E-state index in [9.17, 15) is 0 Å². The third kappa shape index (κ3) is 1.79. The van der Waals surface area contributed by atoms with Crippen LogP contribution in [0.4, 0.5) is 0 Å². The summed E-state index contributed by atoms with van der Waals surface area (Å²) in [6.07, 6.45) is 7.82. The monoisotopic (exact) mass is 182 g/mol. The fourth-order valence-corrected chi connectivity index (χ4v) is 1.99. The lowest BCUT2D eigenvalue weighted by Crippen LogP contribution is -2.45. The number of hydrogen-bond donors (Lipinski definition) is 0. The zero-order chi connectivity index (χ0) is 9.31. The van der Waals surface area contributed by atoms with E-state index >= 15 is 0 Å². The van der Waals surface area contributed by atoms with E-state index in [2.05, 4.69) is 26.0 Å². The maximum Gasteiger partial charge on any atom is 0.188 e. The molecule has 2 aliphatic rings. The van der Waals surface area contributed by atoms with Gasteiger partial charge in [0.2, 0.25) is 0 Å². The van der Waals surface area contributed by atoms with E-state index in [0.717, 1.165) is 19.4 Å². The highest BCUT2D eigenvalue weighted by atomic mass is 16.7. The van der Waals surface area contributed by atoms with Crippen LogP contribution in [-0.2, 0) is 9.47 Å².